The third kappa shape index (κ3) is 3.14. The number of rotatable bonds is 4. The quantitative estimate of drug-likeness (QED) is 0.670. The van der Waals surface area contributed by atoms with E-state index in [-0.39, 0.29) is 16.6 Å². The molecule has 1 aliphatic heterocycles. The highest BCUT2D eigenvalue weighted by atomic mass is 32.2. The molecule has 1 saturated heterocycles. The summed E-state index contributed by atoms with van der Waals surface area (Å²) in [5, 5.41) is 3.17. The number of nitrogens with zero attached hydrogens (tertiary/aromatic N) is 1. The molecule has 2 heterocycles. The molecule has 8 heteroatoms. The fourth-order valence-electron chi connectivity index (χ4n) is 2.15. The Morgan fingerprint density at radius 3 is 2.63 bits per heavy atom. The summed E-state index contributed by atoms with van der Waals surface area (Å²) in [5.74, 6) is -0.647. The summed E-state index contributed by atoms with van der Waals surface area (Å²) in [7, 11) is -2.01. The van der Waals surface area contributed by atoms with E-state index in [1.54, 1.807) is 7.05 Å². The van der Waals surface area contributed by atoms with Gasteiger partial charge in [-0.1, -0.05) is 0 Å². The van der Waals surface area contributed by atoms with E-state index >= 15 is 0 Å². The van der Waals surface area contributed by atoms with E-state index < -0.39 is 15.9 Å². The van der Waals surface area contributed by atoms with Gasteiger partial charge in [0.05, 0.1) is 0 Å². The fraction of sp³-hybridized carbons (Fsp3) is 0.545. The van der Waals surface area contributed by atoms with Gasteiger partial charge in [-0.3, -0.25) is 4.79 Å². The Bertz CT molecular complexity index is 573. The zero-order valence-electron chi connectivity index (χ0n) is 10.7. The van der Waals surface area contributed by atoms with E-state index in [4.69, 9.17) is 5.73 Å². The normalized spacial score (nSPS) is 17.5. The molecular weight excluding hydrogens is 268 g/mol. The molecule has 1 amide bonds. The topological polar surface area (TPSA) is 106 Å². The van der Waals surface area contributed by atoms with Crippen LogP contribution in [0.25, 0.3) is 0 Å². The number of hydrogen-bond acceptors (Lipinski definition) is 4. The van der Waals surface area contributed by atoms with Crippen LogP contribution in [0.15, 0.2) is 17.2 Å². The Morgan fingerprint density at radius 1 is 1.47 bits per heavy atom. The van der Waals surface area contributed by atoms with Crippen molar-refractivity contribution in [2.45, 2.75) is 23.8 Å². The standard InChI is InChI=1S/C11H18N4O3S/c1-15-7-9(6-10(15)11(12)16)19(17,18)14-8-2-4-13-5-3-8/h6-8,13-14H,2-5H2,1H3,(H2,12,16). The molecule has 1 aliphatic rings. The summed E-state index contributed by atoms with van der Waals surface area (Å²) in [4.78, 5) is 11.2. The molecule has 7 nitrogen and oxygen atoms in total. The number of amides is 1. The second-order valence-corrected chi connectivity index (χ2v) is 6.40. The average Bonchev–Trinajstić information content (AvgIpc) is 2.73. The molecule has 0 aliphatic carbocycles. The molecule has 1 fully saturated rings. The summed E-state index contributed by atoms with van der Waals surface area (Å²) < 4.78 is 28.5. The van der Waals surface area contributed by atoms with Gasteiger partial charge >= 0.3 is 0 Å². The maximum atomic E-state index is 12.2. The largest absolute Gasteiger partial charge is 0.364 e. The van der Waals surface area contributed by atoms with Gasteiger partial charge in [0.15, 0.2) is 0 Å². The number of nitrogens with two attached hydrogens (primary N) is 1. The van der Waals surface area contributed by atoms with Crippen LogP contribution in [-0.4, -0.2) is 38.0 Å². The number of nitrogens with one attached hydrogen (secondary N) is 2. The molecule has 0 radical (unpaired) electrons. The second kappa shape index (κ2) is 5.32. The molecule has 1 aromatic rings. The van der Waals surface area contributed by atoms with E-state index in [0.29, 0.717) is 0 Å². The molecule has 4 N–H and O–H groups in total. The summed E-state index contributed by atoms with van der Waals surface area (Å²) in [6, 6.07) is 1.23. The van der Waals surface area contributed by atoms with Gasteiger partial charge in [-0.25, -0.2) is 13.1 Å². The minimum atomic E-state index is -3.60. The third-order valence-corrected chi connectivity index (χ3v) is 4.69. The van der Waals surface area contributed by atoms with Crippen LogP contribution in [0.1, 0.15) is 23.3 Å². The summed E-state index contributed by atoms with van der Waals surface area (Å²) >= 11 is 0. The Morgan fingerprint density at radius 2 is 2.11 bits per heavy atom. The highest BCUT2D eigenvalue weighted by Gasteiger charge is 2.24. The summed E-state index contributed by atoms with van der Waals surface area (Å²) in [6.45, 7) is 1.60. The van der Waals surface area contributed by atoms with E-state index in [2.05, 4.69) is 10.0 Å². The zero-order chi connectivity index (χ0) is 14.0. The highest BCUT2D eigenvalue weighted by Crippen LogP contribution is 2.15. The molecule has 1 aromatic heterocycles. The molecule has 0 unspecified atom stereocenters. The van der Waals surface area contributed by atoms with Gasteiger partial charge in [0.25, 0.3) is 5.91 Å². The van der Waals surface area contributed by atoms with Gasteiger partial charge in [-0.2, -0.15) is 0 Å². The van der Waals surface area contributed by atoms with Crippen molar-refractivity contribution in [3.05, 3.63) is 18.0 Å². The Balaban J connectivity index is 2.19. The van der Waals surface area contributed by atoms with Crippen molar-refractivity contribution in [2.75, 3.05) is 13.1 Å². The van der Waals surface area contributed by atoms with Crippen LogP contribution in [0.2, 0.25) is 0 Å². The first kappa shape index (κ1) is 14.0. The van der Waals surface area contributed by atoms with Gasteiger partial charge in [0, 0.05) is 19.3 Å². The molecule has 0 bridgehead atoms. The number of hydrogen-bond donors (Lipinski definition) is 3. The third-order valence-electron chi connectivity index (χ3n) is 3.20. The van der Waals surface area contributed by atoms with Gasteiger partial charge in [0.2, 0.25) is 10.0 Å². The number of aryl methyl sites for hydroxylation is 1. The molecule has 2 rings (SSSR count). The molecule has 19 heavy (non-hydrogen) atoms. The minimum Gasteiger partial charge on any atom is -0.364 e. The van der Waals surface area contributed by atoms with E-state index in [0.717, 1.165) is 25.9 Å². The fourth-order valence-corrected chi connectivity index (χ4v) is 3.53. The van der Waals surface area contributed by atoms with Gasteiger partial charge in [0.1, 0.15) is 10.6 Å². The lowest BCUT2D eigenvalue weighted by Gasteiger charge is -2.23. The van der Waals surface area contributed by atoms with Crippen molar-refractivity contribution in [2.24, 2.45) is 12.8 Å². The molecule has 106 valence electrons. The second-order valence-electron chi connectivity index (χ2n) is 4.68. The first-order chi connectivity index (χ1) is 8.90. The SMILES string of the molecule is Cn1cc(S(=O)(=O)NC2CCNCC2)cc1C(N)=O. The van der Waals surface area contributed by atoms with Gasteiger partial charge in [-0.05, 0) is 32.0 Å². The molecule has 0 saturated carbocycles. The first-order valence-electron chi connectivity index (χ1n) is 6.09. The molecular formula is C11H18N4O3S. The summed E-state index contributed by atoms with van der Waals surface area (Å²) in [5.41, 5.74) is 5.34. The number of aromatic nitrogens is 1. The number of carbonyl (C=O) groups excluding carboxylic acids is 1. The molecule has 0 aromatic carbocycles. The maximum absolute atomic E-state index is 12.2. The van der Waals surface area contributed by atoms with E-state index in [9.17, 15) is 13.2 Å². The predicted octanol–water partition coefficient (Wildman–Crippen LogP) is -0.846. The van der Waals surface area contributed by atoms with E-state index in [1.807, 2.05) is 0 Å². The maximum Gasteiger partial charge on any atom is 0.265 e. The first-order valence-corrected chi connectivity index (χ1v) is 7.57. The van der Waals surface area contributed by atoms with Crippen molar-refractivity contribution >= 4 is 15.9 Å². The lowest BCUT2D eigenvalue weighted by molar-refractivity contribution is 0.0992. The van der Waals surface area contributed by atoms with Crippen LogP contribution in [0, 0.1) is 0 Å². The predicted molar refractivity (Wildman–Crippen MR) is 70.1 cm³/mol. The lowest BCUT2D eigenvalue weighted by atomic mass is 10.1. The van der Waals surface area contributed by atoms with Crippen LogP contribution in [0.4, 0.5) is 0 Å². The smallest absolute Gasteiger partial charge is 0.265 e. The number of carbonyl (C=O) groups is 1. The number of primary amides is 1. The average molecular weight is 286 g/mol. The number of piperidine rings is 1. The monoisotopic (exact) mass is 286 g/mol. The van der Waals surface area contributed by atoms with Crippen molar-refractivity contribution in [3.63, 3.8) is 0 Å². The molecule has 0 atom stereocenters. The Labute approximate surface area is 112 Å². The van der Waals surface area contributed by atoms with Crippen molar-refractivity contribution in [1.29, 1.82) is 0 Å². The Kier molecular flexibility index (Phi) is 3.93. The van der Waals surface area contributed by atoms with Crippen molar-refractivity contribution < 1.29 is 13.2 Å². The van der Waals surface area contributed by atoms with Crippen molar-refractivity contribution in [3.8, 4) is 0 Å². The van der Waals surface area contributed by atoms with Crippen molar-refractivity contribution in [1.82, 2.24) is 14.6 Å². The van der Waals surface area contributed by atoms with Gasteiger partial charge in [-0.15, -0.1) is 0 Å². The highest BCUT2D eigenvalue weighted by molar-refractivity contribution is 7.89. The van der Waals surface area contributed by atoms with Crippen LogP contribution in [0.3, 0.4) is 0 Å². The van der Waals surface area contributed by atoms with E-state index in [1.165, 1.54) is 16.8 Å². The molecule has 0 spiro atoms. The number of sulfonamides is 1. The lowest BCUT2D eigenvalue weighted by Crippen LogP contribution is -2.42. The Hall–Kier alpha value is -1.38. The van der Waals surface area contributed by atoms with Crippen LogP contribution < -0.4 is 15.8 Å². The van der Waals surface area contributed by atoms with Crippen LogP contribution >= 0.6 is 0 Å². The zero-order valence-corrected chi connectivity index (χ0v) is 11.5. The van der Waals surface area contributed by atoms with Crippen LogP contribution in [0.5, 0.6) is 0 Å². The van der Waals surface area contributed by atoms with Crippen LogP contribution in [-0.2, 0) is 17.1 Å². The summed E-state index contributed by atoms with van der Waals surface area (Å²) in [6.07, 6.45) is 2.91. The minimum absolute atomic E-state index is 0.0662. The van der Waals surface area contributed by atoms with Gasteiger partial charge < -0.3 is 15.6 Å².